The molecule has 9 heteroatoms. The molecule has 0 aliphatic carbocycles. The highest BCUT2D eigenvalue weighted by molar-refractivity contribution is 7.80. The van der Waals surface area contributed by atoms with Crippen LogP contribution in [0.5, 0.6) is 0 Å². The predicted molar refractivity (Wildman–Crippen MR) is 130 cm³/mol. The van der Waals surface area contributed by atoms with Gasteiger partial charge in [0.1, 0.15) is 0 Å². The van der Waals surface area contributed by atoms with E-state index in [4.69, 9.17) is 35.4 Å². The van der Waals surface area contributed by atoms with Gasteiger partial charge in [-0.1, -0.05) is 71.7 Å². The van der Waals surface area contributed by atoms with Crippen LogP contribution in [0.3, 0.4) is 0 Å². The van der Waals surface area contributed by atoms with Crippen LogP contribution in [-0.4, -0.2) is 11.3 Å². The number of rotatable bonds is 3. The zero-order chi connectivity index (χ0) is 22.9. The van der Waals surface area contributed by atoms with Gasteiger partial charge in [0.25, 0.3) is 0 Å². The molecule has 3 nitrogen and oxygen atoms in total. The topological polar surface area (TPSA) is 36.4 Å². The summed E-state index contributed by atoms with van der Waals surface area (Å²) in [7, 11) is 0. The molecule has 4 rings (SSSR count). The van der Waals surface area contributed by atoms with E-state index in [9.17, 15) is 13.2 Å². The summed E-state index contributed by atoms with van der Waals surface area (Å²) in [4.78, 5) is 0. The number of benzene rings is 4. The van der Waals surface area contributed by atoms with Gasteiger partial charge in [0.2, 0.25) is 0 Å². The first-order valence-corrected chi connectivity index (χ1v) is 10.5. The van der Waals surface area contributed by atoms with Gasteiger partial charge in [0, 0.05) is 16.3 Å². The smallest absolute Gasteiger partial charge is 0.330 e. The van der Waals surface area contributed by atoms with Gasteiger partial charge in [-0.2, -0.15) is 18.3 Å². The summed E-state index contributed by atoms with van der Waals surface area (Å²) in [5, 5.41) is 11.1. The minimum absolute atomic E-state index is 0.00921. The van der Waals surface area contributed by atoms with Crippen LogP contribution in [0.15, 0.2) is 71.8 Å². The van der Waals surface area contributed by atoms with E-state index in [2.05, 4.69) is 15.8 Å². The molecular formula is C23H14Cl2F3N3S. The number of anilines is 1. The molecular weight excluding hydrogens is 478 g/mol. The number of fused-ring (bicyclic) bond motifs is 2. The zero-order valence-corrected chi connectivity index (χ0v) is 18.5. The fourth-order valence-electron chi connectivity index (χ4n) is 3.35. The maximum atomic E-state index is 13.0. The van der Waals surface area contributed by atoms with Crippen LogP contribution in [0, 0.1) is 0 Å². The Hall–Kier alpha value is -2.87. The number of hydrogen-bond donors (Lipinski definition) is 2. The summed E-state index contributed by atoms with van der Waals surface area (Å²) in [6.07, 6.45) is -2.90. The second-order valence-corrected chi connectivity index (χ2v) is 8.03. The van der Waals surface area contributed by atoms with Crippen LogP contribution < -0.4 is 10.7 Å². The van der Waals surface area contributed by atoms with Crippen LogP contribution in [0.1, 0.15) is 11.1 Å². The van der Waals surface area contributed by atoms with E-state index in [0.717, 1.165) is 45.3 Å². The average Bonchev–Trinajstić information content (AvgIpc) is 2.77. The summed E-state index contributed by atoms with van der Waals surface area (Å²) < 4.78 is 38.9. The largest absolute Gasteiger partial charge is 0.416 e. The second-order valence-electron chi connectivity index (χ2n) is 6.84. The van der Waals surface area contributed by atoms with Crippen molar-refractivity contribution in [3.8, 4) is 0 Å². The molecule has 4 aromatic carbocycles. The molecule has 0 atom stereocenters. The van der Waals surface area contributed by atoms with Crippen molar-refractivity contribution in [3.05, 3.63) is 87.9 Å². The van der Waals surface area contributed by atoms with Crippen LogP contribution in [0.4, 0.5) is 18.9 Å². The molecule has 0 amide bonds. The number of hydrazone groups is 1. The molecule has 0 aliphatic rings. The number of alkyl halides is 3. The van der Waals surface area contributed by atoms with Gasteiger partial charge in [-0.3, -0.25) is 5.43 Å². The fraction of sp³-hybridized carbons (Fsp3) is 0.0435. The third-order valence-corrected chi connectivity index (χ3v) is 5.74. The highest BCUT2D eigenvalue weighted by Crippen LogP contribution is 2.35. The lowest BCUT2D eigenvalue weighted by molar-refractivity contribution is -0.137. The van der Waals surface area contributed by atoms with E-state index in [1.165, 1.54) is 0 Å². The average molecular weight is 492 g/mol. The summed E-state index contributed by atoms with van der Waals surface area (Å²) in [6, 6.07) is 18.3. The third-order valence-electron chi connectivity index (χ3n) is 4.81. The molecule has 2 N–H and O–H groups in total. The second kappa shape index (κ2) is 8.94. The molecule has 0 aromatic heterocycles. The highest BCUT2D eigenvalue weighted by atomic mass is 35.5. The Balaban J connectivity index is 1.61. The minimum atomic E-state index is -4.50. The first-order valence-electron chi connectivity index (χ1n) is 9.31. The van der Waals surface area contributed by atoms with Crippen molar-refractivity contribution >= 4 is 74.0 Å². The van der Waals surface area contributed by atoms with Gasteiger partial charge in [0.05, 0.1) is 27.5 Å². The Bertz CT molecular complexity index is 1310. The van der Waals surface area contributed by atoms with E-state index < -0.39 is 11.7 Å². The quantitative estimate of drug-likeness (QED) is 0.134. The number of nitrogens with one attached hydrogen (secondary N) is 2. The van der Waals surface area contributed by atoms with Gasteiger partial charge in [-0.25, -0.2) is 0 Å². The van der Waals surface area contributed by atoms with Gasteiger partial charge >= 0.3 is 6.18 Å². The molecule has 162 valence electrons. The Morgan fingerprint density at radius 1 is 0.875 bits per heavy atom. The Morgan fingerprint density at radius 3 is 2.00 bits per heavy atom. The molecule has 0 spiro atoms. The third kappa shape index (κ3) is 4.50. The monoisotopic (exact) mass is 491 g/mol. The molecule has 0 radical (unpaired) electrons. The molecule has 0 saturated heterocycles. The molecule has 32 heavy (non-hydrogen) atoms. The van der Waals surface area contributed by atoms with Crippen molar-refractivity contribution in [3.63, 3.8) is 0 Å². The first kappa shape index (κ1) is 22.3. The summed E-state index contributed by atoms with van der Waals surface area (Å²) in [6.45, 7) is 0. The number of nitrogens with zero attached hydrogens (tertiary/aromatic N) is 1. The standard InChI is InChI=1S/C23H14Cl2F3N3S/c24-19-10-9-13(23(26,27)28)11-20(19)30-22(32)31-29-12-18-14-5-1-3-7-16(14)21(25)17-8-4-2-6-15(17)18/h1-12H,(H2,30,31,32). The summed E-state index contributed by atoms with van der Waals surface area (Å²) in [5.74, 6) is 0. The number of halogens is 5. The maximum absolute atomic E-state index is 13.0. The van der Waals surface area contributed by atoms with Crippen molar-refractivity contribution in [1.29, 1.82) is 0 Å². The van der Waals surface area contributed by atoms with Crippen molar-refractivity contribution in [2.24, 2.45) is 5.10 Å². The van der Waals surface area contributed by atoms with E-state index in [-0.39, 0.29) is 15.8 Å². The number of hydrogen-bond acceptors (Lipinski definition) is 2. The van der Waals surface area contributed by atoms with Gasteiger partial charge < -0.3 is 5.32 Å². The van der Waals surface area contributed by atoms with E-state index >= 15 is 0 Å². The van der Waals surface area contributed by atoms with Crippen molar-refractivity contribution in [2.45, 2.75) is 6.18 Å². The predicted octanol–water partition coefficient (Wildman–Crippen LogP) is 7.64. The SMILES string of the molecule is FC(F)(F)c1ccc(Cl)c(NC(=S)NN=Cc2c3ccccc3c(Cl)c3ccccc23)c1. The Labute approximate surface area is 196 Å². The molecule has 0 heterocycles. The van der Waals surface area contributed by atoms with Crippen molar-refractivity contribution in [2.75, 3.05) is 5.32 Å². The van der Waals surface area contributed by atoms with Crippen molar-refractivity contribution < 1.29 is 13.2 Å². The van der Waals surface area contributed by atoms with Crippen LogP contribution in [0.2, 0.25) is 10.0 Å². The van der Waals surface area contributed by atoms with E-state index in [1.54, 1.807) is 6.21 Å². The first-order chi connectivity index (χ1) is 15.3. The highest BCUT2D eigenvalue weighted by Gasteiger charge is 2.31. The summed E-state index contributed by atoms with van der Waals surface area (Å²) in [5.41, 5.74) is 2.64. The molecule has 0 unspecified atom stereocenters. The van der Waals surface area contributed by atoms with Gasteiger partial charge in [-0.15, -0.1) is 0 Å². The molecule has 0 aliphatic heterocycles. The molecule has 0 saturated carbocycles. The molecule has 4 aromatic rings. The fourth-order valence-corrected chi connectivity index (χ4v) is 4.01. The number of thiocarbonyl (C=S) groups is 1. The lowest BCUT2D eigenvalue weighted by Gasteiger charge is -2.13. The summed E-state index contributed by atoms with van der Waals surface area (Å²) >= 11 is 17.8. The molecule has 0 bridgehead atoms. The van der Waals surface area contributed by atoms with Gasteiger partial charge in [0.15, 0.2) is 5.11 Å². The lowest BCUT2D eigenvalue weighted by Crippen LogP contribution is -2.24. The Morgan fingerprint density at radius 2 is 1.44 bits per heavy atom. The van der Waals surface area contributed by atoms with Crippen LogP contribution >= 0.6 is 35.4 Å². The normalized spacial score (nSPS) is 11.9. The van der Waals surface area contributed by atoms with Crippen molar-refractivity contribution in [1.82, 2.24) is 5.43 Å². The van der Waals surface area contributed by atoms with Crippen LogP contribution in [-0.2, 0) is 6.18 Å². The van der Waals surface area contributed by atoms with Crippen LogP contribution in [0.25, 0.3) is 21.5 Å². The molecule has 0 fully saturated rings. The minimum Gasteiger partial charge on any atom is -0.330 e. The van der Waals surface area contributed by atoms with E-state index in [0.29, 0.717) is 5.02 Å². The lowest BCUT2D eigenvalue weighted by atomic mass is 9.97. The zero-order valence-electron chi connectivity index (χ0n) is 16.2. The van der Waals surface area contributed by atoms with Gasteiger partial charge in [-0.05, 0) is 41.2 Å². The Kier molecular flexibility index (Phi) is 6.24. The van der Waals surface area contributed by atoms with E-state index in [1.807, 2.05) is 48.5 Å². The maximum Gasteiger partial charge on any atom is 0.416 e.